The van der Waals surface area contributed by atoms with E-state index in [0.29, 0.717) is 17.1 Å². The molecule has 0 aliphatic carbocycles. The van der Waals surface area contributed by atoms with Crippen LogP contribution in [0.4, 0.5) is 11.4 Å². The van der Waals surface area contributed by atoms with Crippen molar-refractivity contribution >= 4 is 50.6 Å². The molecule has 5 rings (SSSR count). The maximum Gasteiger partial charge on any atom is 0.321 e. The molecule has 9 heteroatoms. The van der Waals surface area contributed by atoms with Crippen molar-refractivity contribution in [2.24, 2.45) is 5.41 Å². The Morgan fingerprint density at radius 2 is 1.71 bits per heavy atom. The quantitative estimate of drug-likeness (QED) is 0.0867. The van der Waals surface area contributed by atoms with E-state index in [2.05, 4.69) is 47.2 Å². The summed E-state index contributed by atoms with van der Waals surface area (Å²) in [6.45, 7) is 5.40. The van der Waals surface area contributed by atoms with Gasteiger partial charge in [-0.05, 0) is 66.4 Å². The molecule has 5 N–H and O–H groups in total. The molecule has 1 aliphatic heterocycles. The lowest BCUT2D eigenvalue weighted by Gasteiger charge is -2.42. The summed E-state index contributed by atoms with van der Waals surface area (Å²) in [6, 6.07) is 23.4. The van der Waals surface area contributed by atoms with Gasteiger partial charge in [-0.1, -0.05) is 75.9 Å². The number of carboxylic acids is 1. The highest BCUT2D eigenvalue weighted by atomic mass is 32.3. The number of carbonyl (C=O) groups is 1. The standard InChI is InChI=1S/C36H47N3O4S2/c1-4-6-17-36(18-7-5-2)24-39(29-14-9-8-10-15-29)32-22-33(44-3)27(20-34(32)45(42,43)25-36)23-37-31(35(40)41)21-28-19-26-13-11-12-16-30(26)38-28/h8-16,19-20,22,31,37-38,42-43H,4-7,17-18,21,23-25H2,1-3H3,(H,40,41)/t31-/m1/s1. The molecule has 0 radical (unpaired) electrons. The molecule has 7 nitrogen and oxygen atoms in total. The van der Waals surface area contributed by atoms with Crippen LogP contribution in [-0.4, -0.2) is 49.8 Å². The molecule has 45 heavy (non-hydrogen) atoms. The predicted octanol–water partition coefficient (Wildman–Crippen LogP) is 9.30. The van der Waals surface area contributed by atoms with Gasteiger partial charge in [0.05, 0.1) is 10.6 Å². The van der Waals surface area contributed by atoms with Crippen LogP contribution in [0.15, 0.2) is 82.6 Å². The number of unbranched alkanes of at least 4 members (excludes halogenated alkanes) is 2. The van der Waals surface area contributed by atoms with Crippen molar-refractivity contribution in [2.45, 2.75) is 81.2 Å². The lowest BCUT2D eigenvalue weighted by atomic mass is 9.79. The topological polar surface area (TPSA) is 109 Å². The van der Waals surface area contributed by atoms with Crippen LogP contribution in [0.25, 0.3) is 10.9 Å². The average Bonchev–Trinajstić information content (AvgIpc) is 3.42. The largest absolute Gasteiger partial charge is 0.480 e. The Bertz CT molecular complexity index is 1550. The van der Waals surface area contributed by atoms with Gasteiger partial charge < -0.3 is 15.0 Å². The summed E-state index contributed by atoms with van der Waals surface area (Å²) >= 11 is 1.59. The number of rotatable bonds is 14. The zero-order valence-electron chi connectivity index (χ0n) is 26.6. The minimum Gasteiger partial charge on any atom is -0.480 e. The number of anilines is 2. The lowest BCUT2D eigenvalue weighted by molar-refractivity contribution is -0.139. The number of benzene rings is 3. The molecular formula is C36H47N3O4S2. The fraction of sp³-hybridized carbons (Fsp3) is 0.417. The van der Waals surface area contributed by atoms with Crippen LogP contribution in [0.3, 0.4) is 0 Å². The van der Waals surface area contributed by atoms with Crippen LogP contribution in [0.1, 0.15) is 63.6 Å². The Morgan fingerprint density at radius 1 is 1.02 bits per heavy atom. The van der Waals surface area contributed by atoms with E-state index in [1.807, 2.05) is 60.9 Å². The molecule has 3 aromatic carbocycles. The summed E-state index contributed by atoms with van der Waals surface area (Å²) in [7, 11) is -3.15. The van der Waals surface area contributed by atoms with E-state index in [4.69, 9.17) is 0 Å². The third-order valence-electron chi connectivity index (χ3n) is 9.04. The van der Waals surface area contributed by atoms with Crippen molar-refractivity contribution < 1.29 is 19.0 Å². The van der Waals surface area contributed by atoms with E-state index in [1.165, 1.54) is 0 Å². The van der Waals surface area contributed by atoms with E-state index in [9.17, 15) is 19.0 Å². The van der Waals surface area contributed by atoms with Gasteiger partial charge in [0.1, 0.15) is 6.04 Å². The number of aromatic amines is 1. The van der Waals surface area contributed by atoms with Crippen molar-refractivity contribution in [1.29, 1.82) is 0 Å². The highest BCUT2D eigenvalue weighted by molar-refractivity contribution is 8.24. The number of fused-ring (bicyclic) bond motifs is 2. The molecule has 2 heterocycles. The molecule has 1 aromatic heterocycles. The highest BCUT2D eigenvalue weighted by Gasteiger charge is 2.42. The number of H-pyrrole nitrogens is 1. The zero-order chi connectivity index (χ0) is 32.0. The Kier molecular flexibility index (Phi) is 10.9. The summed E-state index contributed by atoms with van der Waals surface area (Å²) in [5, 5.41) is 14.4. The maximum absolute atomic E-state index is 12.4. The van der Waals surface area contributed by atoms with E-state index in [-0.39, 0.29) is 12.0 Å². The van der Waals surface area contributed by atoms with Crippen LogP contribution >= 0.6 is 22.4 Å². The van der Waals surface area contributed by atoms with E-state index >= 15 is 0 Å². The maximum atomic E-state index is 12.4. The van der Waals surface area contributed by atoms with Crippen LogP contribution in [0.5, 0.6) is 0 Å². The second kappa shape index (κ2) is 14.6. The van der Waals surface area contributed by atoms with Crippen LogP contribution in [-0.2, 0) is 17.8 Å². The second-order valence-corrected chi connectivity index (χ2v) is 15.3. The second-order valence-electron chi connectivity index (χ2n) is 12.4. The first-order valence-electron chi connectivity index (χ1n) is 16.0. The molecular weight excluding hydrogens is 603 g/mol. The Labute approximate surface area is 273 Å². The van der Waals surface area contributed by atoms with Gasteiger partial charge in [0.25, 0.3) is 0 Å². The number of hydrogen-bond acceptors (Lipinski definition) is 6. The third kappa shape index (κ3) is 7.72. The van der Waals surface area contributed by atoms with E-state index < -0.39 is 22.6 Å². The first-order chi connectivity index (χ1) is 21.7. The summed E-state index contributed by atoms with van der Waals surface area (Å²) < 4.78 is 24.0. The summed E-state index contributed by atoms with van der Waals surface area (Å²) in [5.41, 5.74) is 4.32. The minimum atomic E-state index is -3.15. The van der Waals surface area contributed by atoms with E-state index in [1.54, 1.807) is 11.8 Å². The van der Waals surface area contributed by atoms with Crippen molar-refractivity contribution in [1.82, 2.24) is 10.3 Å². The number of carboxylic acid groups (broad SMARTS) is 1. The van der Waals surface area contributed by atoms with Gasteiger partial charge in [-0.25, -0.2) is 0 Å². The van der Waals surface area contributed by atoms with Crippen LogP contribution in [0.2, 0.25) is 0 Å². The fourth-order valence-corrected chi connectivity index (χ4v) is 9.52. The van der Waals surface area contributed by atoms with Gasteiger partial charge in [0.2, 0.25) is 0 Å². The average molecular weight is 650 g/mol. The van der Waals surface area contributed by atoms with Crippen LogP contribution < -0.4 is 10.2 Å². The Morgan fingerprint density at radius 3 is 2.36 bits per heavy atom. The van der Waals surface area contributed by atoms with Gasteiger partial charge in [0.15, 0.2) is 0 Å². The lowest BCUT2D eigenvalue weighted by Crippen LogP contribution is -2.38. The molecule has 0 fully saturated rings. The first-order valence-corrected chi connectivity index (χ1v) is 18.9. The molecule has 0 bridgehead atoms. The first kappa shape index (κ1) is 33.4. The minimum absolute atomic E-state index is 0.244. The number of nitrogens with zero attached hydrogens (tertiary/aromatic N) is 1. The Hall–Kier alpha value is -2.95. The molecule has 0 amide bonds. The monoisotopic (exact) mass is 649 g/mol. The van der Waals surface area contributed by atoms with Crippen molar-refractivity contribution in [3.63, 3.8) is 0 Å². The molecule has 1 aliphatic rings. The SMILES string of the molecule is CCCCC1(CCCC)CN(c2ccccc2)c2cc(SC)c(CN[C@H](Cc3cc4ccccc4[nH]3)C(=O)O)cc2S(O)(O)C1. The van der Waals surface area contributed by atoms with Crippen LogP contribution in [0, 0.1) is 5.41 Å². The van der Waals surface area contributed by atoms with Crippen molar-refractivity contribution in [3.05, 3.63) is 84.1 Å². The van der Waals surface area contributed by atoms with E-state index in [0.717, 1.165) is 83.5 Å². The number of para-hydroxylation sites is 2. The van der Waals surface area contributed by atoms with Crippen molar-refractivity contribution in [3.8, 4) is 0 Å². The fourth-order valence-electron chi connectivity index (χ4n) is 6.68. The number of hydrogen-bond donors (Lipinski definition) is 5. The molecule has 4 aromatic rings. The van der Waals surface area contributed by atoms with Gasteiger partial charge in [-0.2, -0.15) is 10.6 Å². The summed E-state index contributed by atoms with van der Waals surface area (Å²) in [6.07, 6.45) is 8.38. The Balaban J connectivity index is 1.51. The smallest absolute Gasteiger partial charge is 0.321 e. The van der Waals surface area contributed by atoms with Gasteiger partial charge in [0, 0.05) is 52.5 Å². The number of thioether (sulfide) groups is 1. The van der Waals surface area contributed by atoms with Gasteiger partial charge >= 0.3 is 5.97 Å². The predicted molar refractivity (Wildman–Crippen MR) is 189 cm³/mol. The highest BCUT2D eigenvalue weighted by Crippen LogP contribution is 2.61. The summed E-state index contributed by atoms with van der Waals surface area (Å²) in [5.74, 6) is -0.592. The molecule has 0 unspecified atom stereocenters. The third-order valence-corrected chi connectivity index (χ3v) is 11.9. The number of nitrogens with one attached hydrogen (secondary N) is 2. The molecule has 1 atom stereocenters. The van der Waals surface area contributed by atoms with Gasteiger partial charge in [-0.15, -0.1) is 11.8 Å². The molecule has 0 saturated heterocycles. The van der Waals surface area contributed by atoms with Gasteiger partial charge in [-0.3, -0.25) is 19.2 Å². The van der Waals surface area contributed by atoms with Crippen molar-refractivity contribution in [2.75, 3.05) is 23.5 Å². The molecule has 0 spiro atoms. The number of aliphatic carboxylic acids is 1. The number of aromatic nitrogens is 1. The molecule has 242 valence electrons. The molecule has 0 saturated carbocycles. The zero-order valence-corrected chi connectivity index (χ0v) is 28.2. The normalized spacial score (nSPS) is 17.0. The summed E-state index contributed by atoms with van der Waals surface area (Å²) in [4.78, 5) is 19.5.